The van der Waals surface area contributed by atoms with Crippen molar-refractivity contribution in [2.75, 3.05) is 26.2 Å². The second kappa shape index (κ2) is 4.41. The Labute approximate surface area is 110 Å². The van der Waals surface area contributed by atoms with Gasteiger partial charge in [-0.2, -0.15) is 0 Å². The van der Waals surface area contributed by atoms with Gasteiger partial charge in [0, 0.05) is 25.0 Å². The minimum absolute atomic E-state index is 0.166. The molecular weight excluding hydrogens is 228 g/mol. The number of hydrogen-bond donors (Lipinski definition) is 1. The number of nitrogens with one attached hydrogen (secondary N) is 1. The van der Waals surface area contributed by atoms with Crippen LogP contribution in [0.1, 0.15) is 34.6 Å². The molecule has 1 amide bonds. The second-order valence-corrected chi connectivity index (χ2v) is 7.23. The Balaban J connectivity index is 2.06. The van der Waals surface area contributed by atoms with Crippen LogP contribution in [0.25, 0.3) is 0 Å². The zero-order chi connectivity index (χ0) is 13.6. The predicted molar refractivity (Wildman–Crippen MR) is 71.4 cm³/mol. The van der Waals surface area contributed by atoms with E-state index in [2.05, 4.69) is 19.2 Å². The molecule has 0 bridgehead atoms. The molecule has 1 N–H and O–H groups in total. The summed E-state index contributed by atoms with van der Waals surface area (Å²) in [6.45, 7) is 14.0. The number of amides is 1. The summed E-state index contributed by atoms with van der Waals surface area (Å²) in [6, 6.07) is 0. The van der Waals surface area contributed by atoms with Crippen molar-refractivity contribution in [3.05, 3.63) is 0 Å². The van der Waals surface area contributed by atoms with Crippen molar-refractivity contribution in [3.63, 3.8) is 0 Å². The topological polar surface area (TPSA) is 41.6 Å². The number of carbonyl (C=O) groups is 1. The summed E-state index contributed by atoms with van der Waals surface area (Å²) >= 11 is 0. The van der Waals surface area contributed by atoms with E-state index in [0.29, 0.717) is 11.8 Å². The van der Waals surface area contributed by atoms with Crippen LogP contribution in [0.15, 0.2) is 0 Å². The van der Waals surface area contributed by atoms with Gasteiger partial charge in [-0.05, 0) is 39.2 Å². The highest BCUT2D eigenvalue weighted by molar-refractivity contribution is 5.68. The lowest BCUT2D eigenvalue weighted by Gasteiger charge is -2.45. The fourth-order valence-corrected chi connectivity index (χ4v) is 3.39. The average molecular weight is 254 g/mol. The number of rotatable bonds is 0. The standard InChI is InChI=1S/C14H26N2O2/c1-10-7-16(12(17)18-13(2,3)4)9-14(5)8-15-6-11(10)14/h10-11,15H,6-9H2,1-5H3/t10?,11-,14-/m0/s1. The molecule has 2 fully saturated rings. The van der Waals surface area contributed by atoms with Gasteiger partial charge in [0.1, 0.15) is 5.60 Å². The highest BCUT2D eigenvalue weighted by Crippen LogP contribution is 2.41. The van der Waals surface area contributed by atoms with E-state index in [0.717, 1.165) is 26.2 Å². The Kier molecular flexibility index (Phi) is 3.34. The van der Waals surface area contributed by atoms with E-state index in [9.17, 15) is 4.79 Å². The highest BCUT2D eigenvalue weighted by atomic mass is 16.6. The van der Waals surface area contributed by atoms with Crippen molar-refractivity contribution >= 4 is 6.09 Å². The van der Waals surface area contributed by atoms with Crippen LogP contribution in [0.4, 0.5) is 4.79 Å². The number of likely N-dealkylation sites (tertiary alicyclic amines) is 1. The van der Waals surface area contributed by atoms with Gasteiger partial charge in [-0.3, -0.25) is 0 Å². The molecule has 0 radical (unpaired) electrons. The van der Waals surface area contributed by atoms with Crippen molar-refractivity contribution in [2.24, 2.45) is 17.3 Å². The fourth-order valence-electron chi connectivity index (χ4n) is 3.39. The molecule has 0 aromatic heterocycles. The zero-order valence-electron chi connectivity index (χ0n) is 12.2. The Morgan fingerprint density at radius 1 is 1.44 bits per heavy atom. The molecule has 4 nitrogen and oxygen atoms in total. The zero-order valence-corrected chi connectivity index (χ0v) is 12.2. The van der Waals surface area contributed by atoms with Crippen molar-refractivity contribution in [1.82, 2.24) is 10.2 Å². The maximum atomic E-state index is 12.2. The fraction of sp³-hybridized carbons (Fsp3) is 0.929. The van der Waals surface area contributed by atoms with Gasteiger partial charge in [-0.1, -0.05) is 13.8 Å². The van der Waals surface area contributed by atoms with Gasteiger partial charge in [0.05, 0.1) is 0 Å². The first-order valence-corrected chi connectivity index (χ1v) is 6.90. The maximum Gasteiger partial charge on any atom is 0.410 e. The minimum atomic E-state index is -0.411. The molecule has 0 aromatic rings. The molecule has 0 saturated carbocycles. The number of ether oxygens (including phenoxy) is 1. The molecule has 18 heavy (non-hydrogen) atoms. The van der Waals surface area contributed by atoms with Crippen molar-refractivity contribution in [2.45, 2.75) is 40.2 Å². The van der Waals surface area contributed by atoms with E-state index < -0.39 is 5.60 Å². The van der Waals surface area contributed by atoms with Crippen LogP contribution < -0.4 is 5.32 Å². The first-order valence-electron chi connectivity index (χ1n) is 6.90. The number of carbonyl (C=O) groups excluding carboxylic acids is 1. The molecule has 1 unspecified atom stereocenters. The summed E-state index contributed by atoms with van der Waals surface area (Å²) in [5, 5.41) is 3.46. The van der Waals surface area contributed by atoms with Gasteiger partial charge in [0.25, 0.3) is 0 Å². The van der Waals surface area contributed by atoms with Crippen LogP contribution in [-0.2, 0) is 4.74 Å². The lowest BCUT2D eigenvalue weighted by atomic mass is 9.70. The maximum absolute atomic E-state index is 12.2. The first kappa shape index (κ1) is 13.7. The SMILES string of the molecule is CC1CN(C(=O)OC(C)(C)C)C[C@]2(C)CNC[C@@H]12. The molecule has 2 rings (SSSR count). The van der Waals surface area contributed by atoms with Crippen LogP contribution in [0, 0.1) is 17.3 Å². The van der Waals surface area contributed by atoms with Gasteiger partial charge in [-0.15, -0.1) is 0 Å². The van der Waals surface area contributed by atoms with E-state index in [-0.39, 0.29) is 11.5 Å². The summed E-state index contributed by atoms with van der Waals surface area (Å²) in [4.78, 5) is 14.1. The molecular formula is C14H26N2O2. The quantitative estimate of drug-likeness (QED) is 0.720. The third kappa shape index (κ3) is 2.63. The van der Waals surface area contributed by atoms with E-state index in [1.165, 1.54) is 0 Å². The summed E-state index contributed by atoms with van der Waals surface area (Å²) < 4.78 is 5.49. The van der Waals surface area contributed by atoms with Crippen LogP contribution in [0.3, 0.4) is 0 Å². The first-order chi connectivity index (χ1) is 8.21. The molecule has 0 spiro atoms. The number of nitrogens with zero attached hydrogens (tertiary/aromatic N) is 1. The molecule has 104 valence electrons. The van der Waals surface area contributed by atoms with Crippen LogP contribution in [0.2, 0.25) is 0 Å². The number of fused-ring (bicyclic) bond motifs is 1. The van der Waals surface area contributed by atoms with Crippen molar-refractivity contribution < 1.29 is 9.53 Å². The molecule has 4 heteroatoms. The second-order valence-electron chi connectivity index (χ2n) is 7.23. The van der Waals surface area contributed by atoms with E-state index in [4.69, 9.17) is 4.74 Å². The van der Waals surface area contributed by atoms with Gasteiger partial charge in [-0.25, -0.2) is 4.79 Å². The van der Waals surface area contributed by atoms with Gasteiger partial charge >= 0.3 is 6.09 Å². The monoisotopic (exact) mass is 254 g/mol. The van der Waals surface area contributed by atoms with E-state index in [1.807, 2.05) is 25.7 Å². The lowest BCUT2D eigenvalue weighted by molar-refractivity contribution is -0.0123. The van der Waals surface area contributed by atoms with E-state index in [1.54, 1.807) is 0 Å². The Morgan fingerprint density at radius 2 is 2.11 bits per heavy atom. The van der Waals surface area contributed by atoms with Crippen molar-refractivity contribution in [1.29, 1.82) is 0 Å². The minimum Gasteiger partial charge on any atom is -0.444 e. The van der Waals surface area contributed by atoms with E-state index >= 15 is 0 Å². The third-order valence-corrected chi connectivity index (χ3v) is 4.19. The normalized spacial score (nSPS) is 36.4. The largest absolute Gasteiger partial charge is 0.444 e. The Morgan fingerprint density at radius 3 is 2.72 bits per heavy atom. The van der Waals surface area contributed by atoms with Crippen molar-refractivity contribution in [3.8, 4) is 0 Å². The van der Waals surface area contributed by atoms with Crippen LogP contribution >= 0.6 is 0 Å². The Hall–Kier alpha value is -0.770. The molecule has 2 heterocycles. The molecule has 2 saturated heterocycles. The Bertz CT molecular complexity index is 337. The summed E-state index contributed by atoms with van der Waals surface area (Å²) in [5.41, 5.74) is -0.208. The van der Waals surface area contributed by atoms with Gasteiger partial charge in [0.2, 0.25) is 0 Å². The van der Waals surface area contributed by atoms with Crippen LogP contribution in [-0.4, -0.2) is 42.8 Å². The smallest absolute Gasteiger partial charge is 0.410 e. The highest BCUT2D eigenvalue weighted by Gasteiger charge is 2.48. The number of piperidine rings is 1. The summed E-state index contributed by atoms with van der Waals surface area (Å²) in [6.07, 6.45) is -0.166. The molecule has 2 aliphatic rings. The predicted octanol–water partition coefficient (Wildman–Crippen LogP) is 2.10. The summed E-state index contributed by atoms with van der Waals surface area (Å²) in [7, 11) is 0. The molecule has 2 aliphatic heterocycles. The van der Waals surface area contributed by atoms with Crippen LogP contribution in [0.5, 0.6) is 0 Å². The molecule has 0 aromatic carbocycles. The lowest BCUT2D eigenvalue weighted by Crippen LogP contribution is -2.53. The molecule has 3 atom stereocenters. The average Bonchev–Trinajstić information content (AvgIpc) is 2.57. The molecule has 0 aliphatic carbocycles. The third-order valence-electron chi connectivity index (χ3n) is 4.19. The number of hydrogen-bond acceptors (Lipinski definition) is 3. The van der Waals surface area contributed by atoms with Gasteiger partial charge < -0.3 is 15.0 Å². The van der Waals surface area contributed by atoms with Gasteiger partial charge in [0.15, 0.2) is 0 Å². The summed E-state index contributed by atoms with van der Waals surface area (Å²) in [5.74, 6) is 1.21.